The summed E-state index contributed by atoms with van der Waals surface area (Å²) in [5, 5.41) is 3.54. The van der Waals surface area contributed by atoms with E-state index >= 15 is 0 Å². The van der Waals surface area contributed by atoms with E-state index in [2.05, 4.69) is 45.9 Å². The highest BCUT2D eigenvalue weighted by atomic mass is 127. The monoisotopic (exact) mass is 394 g/mol. The van der Waals surface area contributed by atoms with Crippen LogP contribution in [0.2, 0.25) is 0 Å². The van der Waals surface area contributed by atoms with Gasteiger partial charge in [0, 0.05) is 27.9 Å². The Labute approximate surface area is 139 Å². The maximum atomic E-state index is 5.92. The van der Waals surface area contributed by atoms with Crippen molar-refractivity contribution in [2.45, 2.75) is 38.8 Å². The van der Waals surface area contributed by atoms with Crippen molar-refractivity contribution in [2.75, 3.05) is 0 Å². The number of hydrogen-bond donors (Lipinski definition) is 1. The van der Waals surface area contributed by atoms with Crippen molar-refractivity contribution in [3.63, 3.8) is 0 Å². The smallest absolute Gasteiger partial charge is 0.219 e. The first-order valence-corrected chi connectivity index (χ1v) is 8.47. The summed E-state index contributed by atoms with van der Waals surface area (Å²) in [6.07, 6.45) is 3.52. The zero-order valence-electron chi connectivity index (χ0n) is 12.1. The van der Waals surface area contributed by atoms with E-state index in [0.29, 0.717) is 11.9 Å². The number of aryl methyl sites for hydroxylation is 1. The van der Waals surface area contributed by atoms with Gasteiger partial charge in [0.2, 0.25) is 5.88 Å². The molecule has 2 aromatic rings. The third-order valence-electron chi connectivity index (χ3n) is 3.47. The molecular weight excluding hydrogens is 375 g/mol. The average Bonchev–Trinajstić information content (AvgIpc) is 3.29. The van der Waals surface area contributed by atoms with Gasteiger partial charge in [-0.25, -0.2) is 4.98 Å². The lowest BCUT2D eigenvalue weighted by Crippen LogP contribution is -2.15. The van der Waals surface area contributed by atoms with Crippen LogP contribution in [-0.2, 0) is 13.0 Å². The fraction of sp³-hybridized carbons (Fsp3) is 0.353. The predicted octanol–water partition coefficient (Wildman–Crippen LogP) is 4.29. The van der Waals surface area contributed by atoms with E-state index < -0.39 is 0 Å². The van der Waals surface area contributed by atoms with Crippen molar-refractivity contribution in [1.82, 2.24) is 10.3 Å². The van der Waals surface area contributed by atoms with Gasteiger partial charge in [0.05, 0.1) is 0 Å². The van der Waals surface area contributed by atoms with Crippen LogP contribution in [0.1, 0.15) is 31.0 Å². The molecule has 0 bridgehead atoms. The largest absolute Gasteiger partial charge is 0.439 e. The normalized spacial score (nSPS) is 14.2. The van der Waals surface area contributed by atoms with Gasteiger partial charge in [0.15, 0.2) is 0 Å². The van der Waals surface area contributed by atoms with Gasteiger partial charge in [-0.3, -0.25) is 0 Å². The van der Waals surface area contributed by atoms with Gasteiger partial charge in [-0.05, 0) is 71.7 Å². The number of benzene rings is 1. The molecule has 3 nitrogen and oxygen atoms in total. The van der Waals surface area contributed by atoms with E-state index in [-0.39, 0.29) is 0 Å². The molecule has 4 heteroatoms. The van der Waals surface area contributed by atoms with Crippen LogP contribution in [0.5, 0.6) is 11.6 Å². The lowest BCUT2D eigenvalue weighted by atomic mass is 10.2. The summed E-state index contributed by atoms with van der Waals surface area (Å²) in [4.78, 5) is 4.57. The Bertz CT molecular complexity index is 626. The van der Waals surface area contributed by atoms with Crippen LogP contribution in [0, 0.1) is 3.57 Å². The van der Waals surface area contributed by atoms with Crippen molar-refractivity contribution >= 4 is 22.6 Å². The van der Waals surface area contributed by atoms with E-state index in [1.54, 1.807) is 0 Å². The zero-order chi connectivity index (χ0) is 14.7. The first-order chi connectivity index (χ1) is 10.2. The zero-order valence-corrected chi connectivity index (χ0v) is 14.3. The summed E-state index contributed by atoms with van der Waals surface area (Å²) in [7, 11) is 0. The maximum Gasteiger partial charge on any atom is 0.219 e. The molecule has 1 heterocycles. The second-order valence-corrected chi connectivity index (χ2v) is 6.62. The molecule has 1 aromatic carbocycles. The van der Waals surface area contributed by atoms with Crippen molar-refractivity contribution in [3.8, 4) is 11.6 Å². The average molecular weight is 394 g/mol. The molecule has 0 saturated heterocycles. The van der Waals surface area contributed by atoms with Gasteiger partial charge in [-0.15, -0.1) is 0 Å². The number of ether oxygens (including phenoxy) is 1. The fourth-order valence-corrected chi connectivity index (χ4v) is 2.67. The predicted molar refractivity (Wildman–Crippen MR) is 92.7 cm³/mol. The molecule has 1 aliphatic carbocycles. The lowest BCUT2D eigenvalue weighted by molar-refractivity contribution is 0.459. The minimum absolute atomic E-state index is 0.684. The van der Waals surface area contributed by atoms with Crippen LogP contribution < -0.4 is 10.1 Å². The second-order valence-electron chi connectivity index (χ2n) is 5.37. The van der Waals surface area contributed by atoms with Gasteiger partial charge in [0.1, 0.15) is 5.75 Å². The molecule has 0 amide bonds. The SMILES string of the molecule is CCc1cc(CNC2CC2)cc(Oc2cccc(I)c2)n1. The van der Waals surface area contributed by atoms with Crippen LogP contribution in [0.15, 0.2) is 36.4 Å². The Kier molecular flexibility index (Phi) is 4.75. The van der Waals surface area contributed by atoms with E-state index in [1.807, 2.05) is 30.3 Å². The summed E-state index contributed by atoms with van der Waals surface area (Å²) in [5.74, 6) is 1.52. The highest BCUT2D eigenvalue weighted by molar-refractivity contribution is 14.1. The number of pyridine rings is 1. The Morgan fingerprint density at radius 3 is 2.86 bits per heavy atom. The summed E-state index contributed by atoms with van der Waals surface area (Å²) >= 11 is 2.29. The van der Waals surface area contributed by atoms with Crippen molar-refractivity contribution < 1.29 is 4.74 Å². The Hall–Kier alpha value is -1.14. The number of nitrogens with zero attached hydrogens (tertiary/aromatic N) is 1. The molecule has 21 heavy (non-hydrogen) atoms. The number of halogens is 1. The summed E-state index contributed by atoms with van der Waals surface area (Å²) < 4.78 is 7.08. The molecule has 1 N–H and O–H groups in total. The Balaban J connectivity index is 1.77. The molecule has 0 atom stereocenters. The minimum Gasteiger partial charge on any atom is -0.439 e. The molecule has 1 fully saturated rings. The maximum absolute atomic E-state index is 5.92. The van der Waals surface area contributed by atoms with E-state index in [0.717, 1.165) is 28.0 Å². The third kappa shape index (κ3) is 4.41. The molecule has 110 valence electrons. The Morgan fingerprint density at radius 2 is 2.14 bits per heavy atom. The third-order valence-corrected chi connectivity index (χ3v) is 4.14. The molecule has 1 saturated carbocycles. The van der Waals surface area contributed by atoms with E-state index in [9.17, 15) is 0 Å². The quantitative estimate of drug-likeness (QED) is 0.743. The molecule has 0 unspecified atom stereocenters. The lowest BCUT2D eigenvalue weighted by Gasteiger charge is -2.10. The highest BCUT2D eigenvalue weighted by Crippen LogP contribution is 2.24. The molecule has 1 aliphatic rings. The Morgan fingerprint density at radius 1 is 1.29 bits per heavy atom. The highest BCUT2D eigenvalue weighted by Gasteiger charge is 2.20. The summed E-state index contributed by atoms with van der Waals surface area (Å²) in [6, 6.07) is 12.9. The first-order valence-electron chi connectivity index (χ1n) is 7.39. The van der Waals surface area contributed by atoms with Gasteiger partial charge in [-0.1, -0.05) is 13.0 Å². The van der Waals surface area contributed by atoms with Crippen LogP contribution in [-0.4, -0.2) is 11.0 Å². The van der Waals surface area contributed by atoms with Crippen molar-refractivity contribution in [3.05, 3.63) is 51.2 Å². The minimum atomic E-state index is 0.684. The summed E-state index contributed by atoms with van der Waals surface area (Å²) in [6.45, 7) is 3.01. The topological polar surface area (TPSA) is 34.1 Å². The number of rotatable bonds is 6. The molecule has 0 aliphatic heterocycles. The van der Waals surface area contributed by atoms with Gasteiger partial charge >= 0.3 is 0 Å². The first kappa shape index (κ1) is 14.8. The van der Waals surface area contributed by atoms with Gasteiger partial charge < -0.3 is 10.1 Å². The van der Waals surface area contributed by atoms with Crippen LogP contribution in [0.4, 0.5) is 0 Å². The van der Waals surface area contributed by atoms with Gasteiger partial charge in [0.25, 0.3) is 0 Å². The van der Waals surface area contributed by atoms with Gasteiger partial charge in [-0.2, -0.15) is 0 Å². The second kappa shape index (κ2) is 6.75. The standard InChI is InChI=1S/C17H19IN2O/c1-2-14-8-12(11-19-15-6-7-15)9-17(20-14)21-16-5-3-4-13(18)10-16/h3-5,8-10,15,19H,2,6-7,11H2,1H3. The van der Waals surface area contributed by atoms with E-state index in [1.165, 1.54) is 18.4 Å². The molecule has 3 rings (SSSR count). The fourth-order valence-electron chi connectivity index (χ4n) is 2.16. The molecule has 0 spiro atoms. The molecule has 0 radical (unpaired) electrons. The van der Waals surface area contributed by atoms with E-state index in [4.69, 9.17) is 4.74 Å². The number of nitrogens with one attached hydrogen (secondary N) is 1. The van der Waals surface area contributed by atoms with Crippen LogP contribution >= 0.6 is 22.6 Å². The molecular formula is C17H19IN2O. The summed E-state index contributed by atoms with van der Waals surface area (Å²) in [5.41, 5.74) is 2.32. The molecule has 1 aromatic heterocycles. The van der Waals surface area contributed by atoms with Crippen molar-refractivity contribution in [2.24, 2.45) is 0 Å². The van der Waals surface area contributed by atoms with Crippen molar-refractivity contribution in [1.29, 1.82) is 0 Å². The van der Waals surface area contributed by atoms with Crippen LogP contribution in [0.25, 0.3) is 0 Å². The number of hydrogen-bond acceptors (Lipinski definition) is 3. The van der Waals surface area contributed by atoms with Crippen LogP contribution in [0.3, 0.4) is 0 Å². The number of aromatic nitrogens is 1.